The minimum absolute atomic E-state index is 0.0148. The standard InChI is InChI=1S/C32H33BrN4O4/c1-5-11-23-16-22(17-28(40-7-3)30(23)41-20-29(38)35-25-12-9-8-10-13-25)19-34-37-31(21(4)6-2)36-27-15-14-24(33)18-26(27)32(37)39/h5,8-10,12-19,21H,1,6-7,11,20H2,2-4H3,(H,35,38)/t21-/m1/s1. The number of benzene rings is 3. The summed E-state index contributed by atoms with van der Waals surface area (Å²) in [5.41, 5.74) is 2.54. The molecule has 1 N–H and O–H groups in total. The molecule has 1 heterocycles. The van der Waals surface area contributed by atoms with Gasteiger partial charge in [0.25, 0.3) is 11.5 Å². The number of aromatic nitrogens is 2. The summed E-state index contributed by atoms with van der Waals surface area (Å²) >= 11 is 3.44. The average Bonchev–Trinajstić information content (AvgIpc) is 2.97. The minimum atomic E-state index is -0.291. The van der Waals surface area contributed by atoms with Crippen molar-refractivity contribution in [1.82, 2.24) is 9.66 Å². The van der Waals surface area contributed by atoms with Crippen molar-refractivity contribution >= 4 is 44.6 Å². The Bertz CT molecular complexity index is 1630. The number of nitrogens with zero attached hydrogens (tertiary/aromatic N) is 3. The van der Waals surface area contributed by atoms with Gasteiger partial charge in [0, 0.05) is 21.6 Å². The Morgan fingerprint density at radius 2 is 1.93 bits per heavy atom. The lowest BCUT2D eigenvalue weighted by molar-refractivity contribution is -0.118. The molecule has 4 aromatic rings. The highest BCUT2D eigenvalue weighted by atomic mass is 79.9. The van der Waals surface area contributed by atoms with Crippen molar-refractivity contribution in [2.75, 3.05) is 18.5 Å². The third-order valence-corrected chi connectivity index (χ3v) is 6.93. The van der Waals surface area contributed by atoms with Gasteiger partial charge in [0.1, 0.15) is 5.82 Å². The summed E-state index contributed by atoms with van der Waals surface area (Å²) in [5, 5.41) is 7.89. The predicted molar refractivity (Wildman–Crippen MR) is 167 cm³/mol. The van der Waals surface area contributed by atoms with Crippen LogP contribution in [0.1, 0.15) is 50.1 Å². The quantitative estimate of drug-likeness (QED) is 0.141. The van der Waals surface area contributed by atoms with Gasteiger partial charge in [-0.25, -0.2) is 4.98 Å². The zero-order valence-electron chi connectivity index (χ0n) is 23.4. The van der Waals surface area contributed by atoms with Gasteiger partial charge in [0.15, 0.2) is 18.1 Å². The van der Waals surface area contributed by atoms with Gasteiger partial charge in [-0.3, -0.25) is 9.59 Å². The Morgan fingerprint density at radius 1 is 1.15 bits per heavy atom. The highest BCUT2D eigenvalue weighted by Gasteiger charge is 2.17. The van der Waals surface area contributed by atoms with Crippen LogP contribution in [0.15, 0.2) is 87.7 Å². The maximum Gasteiger partial charge on any atom is 0.282 e. The number of ether oxygens (including phenoxy) is 2. The van der Waals surface area contributed by atoms with E-state index in [1.807, 2.05) is 69.3 Å². The summed E-state index contributed by atoms with van der Waals surface area (Å²) < 4.78 is 14.0. The lowest BCUT2D eigenvalue weighted by Gasteiger charge is -2.17. The number of nitrogens with one attached hydrogen (secondary N) is 1. The van der Waals surface area contributed by atoms with E-state index in [4.69, 9.17) is 14.5 Å². The van der Waals surface area contributed by atoms with Crippen molar-refractivity contribution in [1.29, 1.82) is 0 Å². The number of amides is 1. The van der Waals surface area contributed by atoms with Crippen LogP contribution in [0.25, 0.3) is 10.9 Å². The van der Waals surface area contributed by atoms with E-state index in [1.54, 1.807) is 24.4 Å². The highest BCUT2D eigenvalue weighted by molar-refractivity contribution is 9.10. The van der Waals surface area contributed by atoms with Crippen LogP contribution in [0.5, 0.6) is 11.5 Å². The second-order valence-electron chi connectivity index (χ2n) is 9.44. The van der Waals surface area contributed by atoms with E-state index in [0.717, 1.165) is 16.5 Å². The topological polar surface area (TPSA) is 94.8 Å². The molecule has 1 aromatic heterocycles. The molecule has 0 fully saturated rings. The lowest BCUT2D eigenvalue weighted by atomic mass is 10.1. The summed E-state index contributed by atoms with van der Waals surface area (Å²) in [6.07, 6.45) is 4.63. The maximum atomic E-state index is 13.5. The first kappa shape index (κ1) is 29.7. The van der Waals surface area contributed by atoms with Gasteiger partial charge in [-0.1, -0.05) is 54.1 Å². The average molecular weight is 618 g/mol. The Hall–Kier alpha value is -4.24. The van der Waals surface area contributed by atoms with Crippen molar-refractivity contribution in [2.45, 2.75) is 39.5 Å². The largest absolute Gasteiger partial charge is 0.490 e. The molecule has 4 rings (SSSR count). The Balaban J connectivity index is 1.70. The molecule has 0 bridgehead atoms. The van der Waals surface area contributed by atoms with Crippen LogP contribution in [0.4, 0.5) is 5.69 Å². The van der Waals surface area contributed by atoms with Crippen molar-refractivity contribution in [3.8, 4) is 11.5 Å². The molecule has 0 aliphatic carbocycles. The van der Waals surface area contributed by atoms with Gasteiger partial charge < -0.3 is 14.8 Å². The first-order valence-electron chi connectivity index (χ1n) is 13.5. The molecule has 3 aromatic carbocycles. The third-order valence-electron chi connectivity index (χ3n) is 6.43. The summed E-state index contributed by atoms with van der Waals surface area (Å²) in [6, 6.07) is 18.3. The molecule has 0 saturated heterocycles. The number of hydrogen-bond donors (Lipinski definition) is 1. The molecule has 0 radical (unpaired) electrons. The molecule has 9 heteroatoms. The van der Waals surface area contributed by atoms with Crippen LogP contribution in [-0.2, 0) is 11.2 Å². The van der Waals surface area contributed by atoms with Crippen LogP contribution in [0.2, 0.25) is 0 Å². The molecular formula is C32H33BrN4O4. The van der Waals surface area contributed by atoms with E-state index in [2.05, 4.69) is 32.9 Å². The van der Waals surface area contributed by atoms with Gasteiger partial charge >= 0.3 is 0 Å². The van der Waals surface area contributed by atoms with Crippen LogP contribution in [0, 0.1) is 0 Å². The van der Waals surface area contributed by atoms with Gasteiger partial charge in [-0.15, -0.1) is 6.58 Å². The molecule has 0 saturated carbocycles. The van der Waals surface area contributed by atoms with Gasteiger partial charge in [0.2, 0.25) is 0 Å². The van der Waals surface area contributed by atoms with Crippen LogP contribution in [0.3, 0.4) is 0 Å². The summed E-state index contributed by atoms with van der Waals surface area (Å²) in [6.45, 7) is 10.0. The molecule has 212 valence electrons. The van der Waals surface area contributed by atoms with Crippen LogP contribution >= 0.6 is 15.9 Å². The van der Waals surface area contributed by atoms with Crippen molar-refractivity contribution in [2.24, 2.45) is 5.10 Å². The van der Waals surface area contributed by atoms with Gasteiger partial charge in [-0.05, 0) is 67.8 Å². The van der Waals surface area contributed by atoms with E-state index in [1.165, 1.54) is 4.68 Å². The monoisotopic (exact) mass is 616 g/mol. The summed E-state index contributed by atoms with van der Waals surface area (Å²) in [7, 11) is 0. The first-order chi connectivity index (χ1) is 19.8. The fraction of sp³-hybridized carbons (Fsp3) is 0.250. The normalized spacial score (nSPS) is 11.9. The van der Waals surface area contributed by atoms with Gasteiger partial charge in [-0.2, -0.15) is 9.78 Å². The number of para-hydroxylation sites is 1. The summed E-state index contributed by atoms with van der Waals surface area (Å²) in [4.78, 5) is 30.8. The third kappa shape index (κ3) is 7.29. The molecule has 0 aliphatic heterocycles. The Labute approximate surface area is 247 Å². The number of anilines is 1. The molecular weight excluding hydrogens is 584 g/mol. The van der Waals surface area contributed by atoms with E-state index in [-0.39, 0.29) is 24.0 Å². The Kier molecular flexibility index (Phi) is 10.1. The number of hydrogen-bond acceptors (Lipinski definition) is 6. The van der Waals surface area contributed by atoms with E-state index >= 15 is 0 Å². The molecule has 8 nitrogen and oxygen atoms in total. The Morgan fingerprint density at radius 3 is 2.63 bits per heavy atom. The van der Waals surface area contributed by atoms with Crippen LogP contribution < -0.4 is 20.3 Å². The zero-order valence-corrected chi connectivity index (χ0v) is 25.0. The zero-order chi connectivity index (χ0) is 29.4. The van der Waals surface area contributed by atoms with Gasteiger partial charge in [0.05, 0.1) is 23.7 Å². The second kappa shape index (κ2) is 13.9. The fourth-order valence-corrected chi connectivity index (χ4v) is 4.61. The number of carbonyl (C=O) groups is 1. The number of carbonyl (C=O) groups excluding carboxylic acids is 1. The highest BCUT2D eigenvalue weighted by Crippen LogP contribution is 2.34. The van der Waals surface area contributed by atoms with E-state index in [9.17, 15) is 9.59 Å². The smallest absolute Gasteiger partial charge is 0.282 e. The van der Waals surface area contributed by atoms with E-state index < -0.39 is 0 Å². The van der Waals surface area contributed by atoms with Crippen molar-refractivity contribution < 1.29 is 14.3 Å². The van der Waals surface area contributed by atoms with Crippen molar-refractivity contribution in [3.05, 3.63) is 105 Å². The van der Waals surface area contributed by atoms with Crippen molar-refractivity contribution in [3.63, 3.8) is 0 Å². The molecule has 0 unspecified atom stereocenters. The maximum absolute atomic E-state index is 13.5. The number of allylic oxidation sites excluding steroid dienone is 1. The minimum Gasteiger partial charge on any atom is -0.490 e. The molecule has 0 aliphatic rings. The molecule has 1 atom stereocenters. The van der Waals surface area contributed by atoms with Crippen LogP contribution in [-0.4, -0.2) is 35.0 Å². The predicted octanol–water partition coefficient (Wildman–Crippen LogP) is 6.70. The molecule has 0 spiro atoms. The molecule has 41 heavy (non-hydrogen) atoms. The van der Waals surface area contributed by atoms with E-state index in [0.29, 0.717) is 52.5 Å². The number of fused-ring (bicyclic) bond motifs is 1. The summed E-state index contributed by atoms with van der Waals surface area (Å²) in [5.74, 6) is 1.24. The molecule has 1 amide bonds. The fourth-order valence-electron chi connectivity index (χ4n) is 4.25. The first-order valence-corrected chi connectivity index (χ1v) is 14.3. The number of halogens is 1. The second-order valence-corrected chi connectivity index (χ2v) is 10.4. The number of rotatable bonds is 12. The lowest BCUT2D eigenvalue weighted by Crippen LogP contribution is -2.23. The SMILES string of the molecule is C=CCc1cc(C=Nn2c([C@H](C)CC)nc3ccc(Br)cc3c2=O)cc(OCC)c1OCC(=O)Nc1ccccc1.